The number of nitrogens with one attached hydrogen (secondary N) is 10. The second-order valence-corrected chi connectivity index (χ2v) is 19.4. The van der Waals surface area contributed by atoms with Gasteiger partial charge in [0.05, 0.1) is 12.9 Å². The Labute approximate surface area is 443 Å². The fraction of sp³-hybridized carbons (Fsp3) is 0.377. The van der Waals surface area contributed by atoms with Gasteiger partial charge in [0, 0.05) is 71.8 Å². The molecule has 8 amide bonds. The fourth-order valence-electron chi connectivity index (χ4n) is 8.64. The molecule has 0 fully saturated rings. The fourth-order valence-corrected chi connectivity index (χ4v) is 9.11. The van der Waals surface area contributed by atoms with Crippen molar-refractivity contribution in [1.82, 2.24) is 57.2 Å². The number of H-pyrrole nitrogens is 3. The number of carbonyl (C=O) groups is 8. The van der Waals surface area contributed by atoms with Crippen LogP contribution in [-0.2, 0) is 64.0 Å². The van der Waals surface area contributed by atoms with Crippen molar-refractivity contribution in [2.24, 2.45) is 17.2 Å². The molecule has 0 saturated heterocycles. The van der Waals surface area contributed by atoms with Crippen molar-refractivity contribution < 1.29 is 38.4 Å². The third-order valence-corrected chi connectivity index (χ3v) is 13.4. The van der Waals surface area contributed by atoms with Gasteiger partial charge in [-0.3, -0.25) is 38.4 Å². The molecule has 3 heterocycles. The Kier molecular flexibility index (Phi) is 21.5. The standard InChI is InChI=1S/C53H68N14O8S/c1-31(61-49(71)41(19-21-76-2)62-46(68)26-55)48(70)65-45(25-35-29-57-30-60-35)53(75)67-43(23-33-27-58-38-16-8-6-14-36(33)38)51(73)63-40(18-10-11-20-54)50(72)66-44(24-34-28-59-39-17-9-7-15-37(34)39)52(74)64-42(47(56)69)22-32-12-4-3-5-13-32/h3-9,12-17,27-31,40-45,58-59H,10-11,18-26,54-55H2,1-2H3,(H2,56,69)(H,57,60)(H,61,71)(H,62,68)(H,63,73)(H,64,74)(H,65,70)(H,66,72)(H,67,75)/t31-,40+,41-,42+,43+,44-,45-/m0/s1. The Bertz CT molecular complexity index is 2910. The highest BCUT2D eigenvalue weighted by Gasteiger charge is 2.34. The summed E-state index contributed by atoms with van der Waals surface area (Å²) >= 11 is 1.47. The van der Waals surface area contributed by atoms with Crippen molar-refractivity contribution >= 4 is 80.8 Å². The van der Waals surface area contributed by atoms with Gasteiger partial charge < -0.3 is 69.4 Å². The van der Waals surface area contributed by atoms with Gasteiger partial charge in [0.1, 0.15) is 42.3 Å². The van der Waals surface area contributed by atoms with Crippen LogP contribution >= 0.6 is 11.8 Å². The number of aromatic amines is 3. The third kappa shape index (κ3) is 16.5. The summed E-state index contributed by atoms with van der Waals surface area (Å²) in [4.78, 5) is 124. The minimum Gasteiger partial charge on any atom is -0.368 e. The van der Waals surface area contributed by atoms with E-state index in [1.807, 2.05) is 60.9 Å². The minimum atomic E-state index is -1.36. The number of benzene rings is 3. The van der Waals surface area contributed by atoms with Crippen LogP contribution in [-0.4, -0.2) is 135 Å². The minimum absolute atomic E-state index is 0.0176. The van der Waals surface area contributed by atoms with Gasteiger partial charge in [-0.05, 0) is 80.0 Å². The number of thioether (sulfide) groups is 1. The van der Waals surface area contributed by atoms with Crippen LogP contribution in [0.4, 0.5) is 0 Å². The molecule has 0 aliphatic rings. The van der Waals surface area contributed by atoms with Crippen LogP contribution in [0.5, 0.6) is 0 Å². The Morgan fingerprint density at radius 1 is 0.553 bits per heavy atom. The first-order valence-corrected chi connectivity index (χ1v) is 26.5. The van der Waals surface area contributed by atoms with Gasteiger partial charge in [-0.2, -0.15) is 11.8 Å². The van der Waals surface area contributed by atoms with Crippen LogP contribution in [0, 0.1) is 0 Å². The van der Waals surface area contributed by atoms with Crippen LogP contribution in [0.1, 0.15) is 55.0 Å². The SMILES string of the molecule is CSCC[C@H](NC(=O)CN)C(=O)N[C@@H](C)C(=O)N[C@@H](Cc1cnc[nH]1)C(=O)N[C@H](Cc1c[nH]c2ccccc12)C(=O)N[C@H](CCCCN)C(=O)N[C@@H](Cc1c[nH]c2ccccc12)C(=O)N[C@H](Cc1ccccc1)C(N)=O. The summed E-state index contributed by atoms with van der Waals surface area (Å²) in [5.74, 6) is -5.13. The summed E-state index contributed by atoms with van der Waals surface area (Å²) < 4.78 is 0. The first kappa shape index (κ1) is 57.3. The highest BCUT2D eigenvalue weighted by Crippen LogP contribution is 2.21. The van der Waals surface area contributed by atoms with E-state index in [2.05, 4.69) is 57.2 Å². The number of nitrogens with zero attached hydrogens (tertiary/aromatic N) is 1. The Morgan fingerprint density at radius 2 is 1.05 bits per heavy atom. The van der Waals surface area contributed by atoms with Crippen LogP contribution in [0.15, 0.2) is 104 Å². The molecule has 22 nitrogen and oxygen atoms in total. The molecule has 7 atom stereocenters. The van der Waals surface area contributed by atoms with E-state index in [1.54, 1.807) is 36.7 Å². The maximum absolute atomic E-state index is 14.9. The van der Waals surface area contributed by atoms with Crippen molar-refractivity contribution in [2.45, 2.75) is 101 Å². The number of hydrogen-bond acceptors (Lipinski definition) is 12. The molecule has 0 bridgehead atoms. The van der Waals surface area contributed by atoms with Crippen LogP contribution < -0.4 is 54.4 Å². The molecule has 404 valence electrons. The van der Waals surface area contributed by atoms with Gasteiger partial charge in [-0.15, -0.1) is 0 Å². The number of carbonyl (C=O) groups excluding carboxylic acids is 8. The largest absolute Gasteiger partial charge is 0.368 e. The highest BCUT2D eigenvalue weighted by atomic mass is 32.2. The lowest BCUT2D eigenvalue weighted by molar-refractivity contribution is -0.135. The average Bonchev–Trinajstić information content (AvgIpc) is 4.20. The summed E-state index contributed by atoms with van der Waals surface area (Å²) in [5.41, 5.74) is 21.3. The first-order chi connectivity index (χ1) is 36.7. The quantitative estimate of drug-likeness (QED) is 0.0273. The van der Waals surface area contributed by atoms with Gasteiger partial charge in [0.25, 0.3) is 0 Å². The summed E-state index contributed by atoms with van der Waals surface area (Å²) in [6, 6.07) is 15.3. The number of aromatic nitrogens is 4. The van der Waals surface area contributed by atoms with E-state index >= 15 is 0 Å². The number of imidazole rings is 1. The smallest absolute Gasteiger partial charge is 0.243 e. The zero-order valence-electron chi connectivity index (χ0n) is 42.5. The van der Waals surface area contributed by atoms with Crippen LogP contribution in [0.3, 0.4) is 0 Å². The normalized spacial score (nSPS) is 14.0. The highest BCUT2D eigenvalue weighted by molar-refractivity contribution is 7.98. The number of para-hydroxylation sites is 2. The zero-order valence-corrected chi connectivity index (χ0v) is 43.3. The molecular formula is C53H68N14O8S. The monoisotopic (exact) mass is 1060 g/mol. The maximum atomic E-state index is 14.9. The lowest BCUT2D eigenvalue weighted by Gasteiger charge is -2.27. The molecule has 6 aromatic rings. The van der Waals surface area contributed by atoms with Gasteiger partial charge in [-0.25, -0.2) is 4.98 Å². The molecule has 0 aliphatic carbocycles. The first-order valence-electron chi connectivity index (χ1n) is 25.1. The molecule has 0 radical (unpaired) electrons. The lowest BCUT2D eigenvalue weighted by Crippen LogP contribution is -2.60. The summed E-state index contributed by atoms with van der Waals surface area (Å²) in [7, 11) is 0. The van der Waals surface area contributed by atoms with Crippen LogP contribution in [0.2, 0.25) is 0 Å². The van der Waals surface area contributed by atoms with E-state index in [0.29, 0.717) is 35.4 Å². The average molecular weight is 1060 g/mol. The van der Waals surface area contributed by atoms with E-state index in [4.69, 9.17) is 17.2 Å². The summed E-state index contributed by atoms with van der Waals surface area (Å²) in [5, 5.41) is 20.8. The molecule has 0 saturated carbocycles. The Morgan fingerprint density at radius 3 is 1.59 bits per heavy atom. The number of primary amides is 1. The number of nitrogens with two attached hydrogens (primary N) is 3. The molecular weight excluding hydrogens is 993 g/mol. The topological polar surface area (TPSA) is 359 Å². The van der Waals surface area contributed by atoms with Crippen LogP contribution in [0.25, 0.3) is 21.8 Å². The zero-order chi connectivity index (χ0) is 54.6. The molecule has 3 aromatic heterocycles. The predicted molar refractivity (Wildman–Crippen MR) is 290 cm³/mol. The summed E-state index contributed by atoms with van der Waals surface area (Å²) in [6.07, 6.45) is 9.26. The van der Waals surface area contributed by atoms with Crippen molar-refractivity contribution in [2.75, 3.05) is 25.1 Å². The van der Waals surface area contributed by atoms with E-state index in [9.17, 15) is 38.4 Å². The van der Waals surface area contributed by atoms with E-state index in [-0.39, 0.29) is 51.6 Å². The molecule has 16 N–H and O–H groups in total. The van der Waals surface area contributed by atoms with E-state index < -0.39 is 89.6 Å². The van der Waals surface area contributed by atoms with E-state index in [1.165, 1.54) is 31.2 Å². The number of unbranched alkanes of at least 4 members (excludes halogenated alkanes) is 1. The second-order valence-electron chi connectivity index (χ2n) is 18.4. The van der Waals surface area contributed by atoms with Gasteiger partial charge in [0.2, 0.25) is 47.3 Å². The molecule has 23 heteroatoms. The molecule has 0 aliphatic heterocycles. The lowest BCUT2D eigenvalue weighted by atomic mass is 10.0. The number of rotatable bonds is 30. The van der Waals surface area contributed by atoms with E-state index in [0.717, 1.165) is 27.4 Å². The van der Waals surface area contributed by atoms with Gasteiger partial charge in [-0.1, -0.05) is 66.7 Å². The van der Waals surface area contributed by atoms with Crippen molar-refractivity contribution in [3.05, 3.63) is 126 Å². The Hall–Kier alpha value is -8.02. The van der Waals surface area contributed by atoms with Gasteiger partial charge in [0.15, 0.2) is 0 Å². The molecule has 76 heavy (non-hydrogen) atoms. The molecule has 0 unspecified atom stereocenters. The molecule has 6 rings (SSSR count). The predicted octanol–water partition coefficient (Wildman–Crippen LogP) is 0.382. The molecule has 0 spiro atoms. The molecule has 3 aromatic carbocycles. The number of amides is 8. The van der Waals surface area contributed by atoms with Crippen molar-refractivity contribution in [3.8, 4) is 0 Å². The third-order valence-electron chi connectivity index (χ3n) is 12.8. The Balaban J connectivity index is 1.27. The van der Waals surface area contributed by atoms with Crippen molar-refractivity contribution in [3.63, 3.8) is 0 Å². The number of hydrogen-bond donors (Lipinski definition) is 13. The van der Waals surface area contributed by atoms with Gasteiger partial charge >= 0.3 is 0 Å². The second kappa shape index (κ2) is 28.6. The summed E-state index contributed by atoms with van der Waals surface area (Å²) in [6.45, 7) is 1.37. The number of fused-ring (bicyclic) bond motifs is 2. The van der Waals surface area contributed by atoms with Crippen molar-refractivity contribution in [1.29, 1.82) is 0 Å². The maximum Gasteiger partial charge on any atom is 0.243 e.